The lowest BCUT2D eigenvalue weighted by Gasteiger charge is -2.72. The van der Waals surface area contributed by atoms with Gasteiger partial charge in [-0.2, -0.15) is 0 Å². The predicted octanol–water partition coefficient (Wildman–Crippen LogP) is 9.17. The highest BCUT2D eigenvalue weighted by Gasteiger charge is 2.72. The van der Waals surface area contributed by atoms with Gasteiger partial charge in [-0.25, -0.2) is 0 Å². The Balaban J connectivity index is 1.27. The number of fused-ring (bicyclic) bond motifs is 1. The van der Waals surface area contributed by atoms with E-state index >= 15 is 0 Å². The van der Waals surface area contributed by atoms with Crippen molar-refractivity contribution in [3.63, 3.8) is 0 Å². The molecule has 0 aromatic heterocycles. The van der Waals surface area contributed by atoms with E-state index in [0.29, 0.717) is 18.3 Å². The third kappa shape index (κ3) is 6.41. The topological polar surface area (TPSA) is 46.5 Å². The fraction of sp³-hybridized carbons (Fsp3) is 0.909. The van der Waals surface area contributed by atoms with Crippen LogP contribution >= 0.6 is 0 Å². The molecule has 3 nitrogen and oxygen atoms in total. The minimum atomic E-state index is -0.633. The molecule has 4 aliphatic rings. The predicted molar refractivity (Wildman–Crippen MR) is 151 cm³/mol. The van der Waals surface area contributed by atoms with E-state index in [1.807, 2.05) is 0 Å². The highest BCUT2D eigenvalue weighted by Crippen LogP contribution is 2.71. The van der Waals surface area contributed by atoms with Crippen LogP contribution in [0.4, 0.5) is 0 Å². The summed E-state index contributed by atoms with van der Waals surface area (Å²) in [4.78, 5) is 12.7. The van der Waals surface area contributed by atoms with E-state index in [4.69, 9.17) is 4.74 Å². The monoisotopic (exact) mass is 502 g/mol. The van der Waals surface area contributed by atoms with Gasteiger partial charge in [0.05, 0.1) is 5.60 Å². The lowest BCUT2D eigenvalue weighted by molar-refractivity contribution is -0.316. The van der Waals surface area contributed by atoms with Crippen LogP contribution < -0.4 is 0 Å². The molecule has 4 bridgehead atoms. The molecule has 4 aliphatic carbocycles. The SMILES string of the molecule is CCCCCCCC/C=C/CCCCCCCC(=O)O[C@H]1C[C@@]2(C)[C@H]3C[C@@H]1C(C)(C)[C@]2(O)CC[C@@H]3C. The van der Waals surface area contributed by atoms with E-state index in [0.717, 1.165) is 38.5 Å². The van der Waals surface area contributed by atoms with E-state index in [1.165, 1.54) is 70.6 Å². The number of esters is 1. The maximum atomic E-state index is 12.7. The Morgan fingerprint density at radius 2 is 1.47 bits per heavy atom. The first-order chi connectivity index (χ1) is 17.2. The molecule has 0 unspecified atom stereocenters. The Kier molecular flexibility index (Phi) is 11.0. The van der Waals surface area contributed by atoms with Crippen LogP contribution in [0.15, 0.2) is 12.2 Å². The van der Waals surface area contributed by atoms with Gasteiger partial charge in [0.15, 0.2) is 0 Å². The third-order valence-corrected chi connectivity index (χ3v) is 10.9. The lowest BCUT2D eigenvalue weighted by atomic mass is 9.35. The number of carbonyl (C=O) groups is 1. The minimum absolute atomic E-state index is 0.0187. The quantitative estimate of drug-likeness (QED) is 0.130. The van der Waals surface area contributed by atoms with Crippen LogP contribution in [0.2, 0.25) is 0 Å². The number of unbranched alkanes of at least 4 members (excludes halogenated alkanes) is 11. The summed E-state index contributed by atoms with van der Waals surface area (Å²) in [5, 5.41) is 11.9. The van der Waals surface area contributed by atoms with E-state index in [1.54, 1.807) is 0 Å². The van der Waals surface area contributed by atoms with Crippen LogP contribution in [0, 0.1) is 28.6 Å². The minimum Gasteiger partial charge on any atom is -0.462 e. The molecule has 208 valence electrons. The van der Waals surface area contributed by atoms with Gasteiger partial charge in [0.1, 0.15) is 6.10 Å². The smallest absolute Gasteiger partial charge is 0.306 e. The standard InChI is InChI=1S/C33H58O3/c1-6-7-8-9-10-11-12-13-14-15-16-17-18-19-20-21-30(34)36-29-25-32(5)27-24-28(29)31(3,4)33(32,35)23-22-26(27)2/h13-14,26-29,35H,6-12,15-25H2,1-5H3/b14-13+/t26-,27-,28-,29-,32-,33+/m0/s1. The molecular weight excluding hydrogens is 444 g/mol. The van der Waals surface area contributed by atoms with Crippen molar-refractivity contribution in [2.24, 2.45) is 28.6 Å². The molecular formula is C33H58O3. The molecule has 1 N–H and O–H groups in total. The molecule has 0 aliphatic heterocycles. The summed E-state index contributed by atoms with van der Waals surface area (Å²) in [7, 11) is 0. The average Bonchev–Trinajstić information content (AvgIpc) is 2.83. The summed E-state index contributed by atoms with van der Waals surface area (Å²) in [6, 6.07) is 0. The average molecular weight is 503 g/mol. The summed E-state index contributed by atoms with van der Waals surface area (Å²) >= 11 is 0. The van der Waals surface area contributed by atoms with Crippen molar-refractivity contribution in [3.05, 3.63) is 12.2 Å². The van der Waals surface area contributed by atoms with Crippen LogP contribution in [-0.4, -0.2) is 22.8 Å². The summed E-state index contributed by atoms with van der Waals surface area (Å²) in [5.74, 6) is 1.46. The van der Waals surface area contributed by atoms with E-state index in [9.17, 15) is 9.90 Å². The molecule has 0 aromatic rings. The number of hydrogen-bond acceptors (Lipinski definition) is 3. The van der Waals surface area contributed by atoms with Crippen molar-refractivity contribution in [3.8, 4) is 0 Å². The zero-order valence-electron chi connectivity index (χ0n) is 24.5. The third-order valence-electron chi connectivity index (χ3n) is 10.9. The van der Waals surface area contributed by atoms with Crippen LogP contribution in [0.3, 0.4) is 0 Å². The molecule has 4 saturated carbocycles. The first kappa shape index (κ1) is 29.7. The van der Waals surface area contributed by atoms with Crippen molar-refractivity contribution in [2.45, 2.75) is 162 Å². The summed E-state index contributed by atoms with van der Waals surface area (Å²) in [6.07, 6.45) is 25.7. The Bertz CT molecular complexity index is 712. The van der Waals surface area contributed by atoms with Gasteiger partial charge in [-0.05, 0) is 69.6 Å². The first-order valence-electron chi connectivity index (χ1n) is 15.7. The van der Waals surface area contributed by atoms with Gasteiger partial charge in [0, 0.05) is 23.2 Å². The van der Waals surface area contributed by atoms with Gasteiger partial charge in [0.2, 0.25) is 0 Å². The van der Waals surface area contributed by atoms with Crippen LogP contribution in [0.5, 0.6) is 0 Å². The Hall–Kier alpha value is -0.830. The van der Waals surface area contributed by atoms with Crippen LogP contribution in [0.1, 0.15) is 150 Å². The molecule has 0 aromatic carbocycles. The zero-order chi connectivity index (χ0) is 26.2. The highest BCUT2D eigenvalue weighted by molar-refractivity contribution is 5.69. The highest BCUT2D eigenvalue weighted by atomic mass is 16.5. The largest absolute Gasteiger partial charge is 0.462 e. The summed E-state index contributed by atoms with van der Waals surface area (Å²) in [5.41, 5.74) is -0.978. The van der Waals surface area contributed by atoms with Gasteiger partial charge in [0.25, 0.3) is 0 Å². The maximum Gasteiger partial charge on any atom is 0.306 e. The molecule has 4 fully saturated rings. The molecule has 36 heavy (non-hydrogen) atoms. The molecule has 0 spiro atoms. The number of hydrogen-bond donors (Lipinski definition) is 1. The van der Waals surface area contributed by atoms with E-state index < -0.39 is 5.60 Å². The molecule has 0 amide bonds. The van der Waals surface area contributed by atoms with Crippen molar-refractivity contribution in [2.75, 3.05) is 0 Å². The van der Waals surface area contributed by atoms with Crippen molar-refractivity contribution in [1.29, 1.82) is 0 Å². The van der Waals surface area contributed by atoms with E-state index in [2.05, 4.69) is 46.8 Å². The van der Waals surface area contributed by atoms with Crippen molar-refractivity contribution in [1.82, 2.24) is 0 Å². The normalized spacial score (nSPS) is 34.8. The van der Waals surface area contributed by atoms with Gasteiger partial charge < -0.3 is 9.84 Å². The van der Waals surface area contributed by atoms with Crippen molar-refractivity contribution >= 4 is 5.97 Å². The lowest BCUT2D eigenvalue weighted by Crippen LogP contribution is -2.74. The molecule has 4 rings (SSSR count). The Morgan fingerprint density at radius 1 is 0.889 bits per heavy atom. The molecule has 3 heteroatoms. The number of allylic oxidation sites excluding steroid dienone is 2. The maximum absolute atomic E-state index is 12.7. The molecule has 6 atom stereocenters. The Morgan fingerprint density at radius 3 is 2.11 bits per heavy atom. The number of aliphatic hydroxyl groups is 1. The first-order valence-corrected chi connectivity index (χ1v) is 15.7. The summed E-state index contributed by atoms with van der Waals surface area (Å²) in [6.45, 7) is 11.4. The second-order valence-corrected chi connectivity index (χ2v) is 13.5. The zero-order valence-corrected chi connectivity index (χ0v) is 24.5. The fourth-order valence-electron chi connectivity index (χ4n) is 8.47. The number of rotatable bonds is 16. The van der Waals surface area contributed by atoms with Gasteiger partial charge in [-0.3, -0.25) is 4.79 Å². The summed E-state index contributed by atoms with van der Waals surface area (Å²) < 4.78 is 6.13. The van der Waals surface area contributed by atoms with Crippen LogP contribution in [-0.2, 0) is 9.53 Å². The fourth-order valence-corrected chi connectivity index (χ4v) is 8.47. The van der Waals surface area contributed by atoms with Crippen LogP contribution in [0.25, 0.3) is 0 Å². The second kappa shape index (κ2) is 13.3. The second-order valence-electron chi connectivity index (χ2n) is 13.5. The van der Waals surface area contributed by atoms with E-state index in [-0.39, 0.29) is 28.8 Å². The van der Waals surface area contributed by atoms with Gasteiger partial charge >= 0.3 is 5.97 Å². The number of carbonyl (C=O) groups excluding carboxylic acids is 1. The van der Waals surface area contributed by atoms with Gasteiger partial charge in [-0.1, -0.05) is 98.1 Å². The molecule has 0 radical (unpaired) electrons. The van der Waals surface area contributed by atoms with Crippen molar-refractivity contribution < 1.29 is 14.6 Å². The molecule has 0 saturated heterocycles. The van der Waals surface area contributed by atoms with Gasteiger partial charge in [-0.15, -0.1) is 0 Å². The number of ether oxygens (including phenoxy) is 1. The molecule has 0 heterocycles. The Labute approximate surface area is 223 Å².